The summed E-state index contributed by atoms with van der Waals surface area (Å²) in [5.41, 5.74) is 1.54. The average Bonchev–Trinajstić information content (AvgIpc) is 3.55. The van der Waals surface area contributed by atoms with E-state index in [0.717, 1.165) is 24.2 Å². The number of carbonyl (C=O) groups excluding carboxylic acids is 1. The number of nitrogens with zero attached hydrogens (tertiary/aromatic N) is 4. The van der Waals surface area contributed by atoms with Crippen molar-refractivity contribution in [2.45, 2.75) is 31.7 Å². The van der Waals surface area contributed by atoms with Gasteiger partial charge in [0.25, 0.3) is 5.56 Å². The zero-order valence-corrected chi connectivity index (χ0v) is 17.2. The summed E-state index contributed by atoms with van der Waals surface area (Å²) in [5, 5.41) is 5.50. The molecule has 1 amide bonds. The van der Waals surface area contributed by atoms with Crippen LogP contribution in [0.3, 0.4) is 0 Å². The Hall–Kier alpha value is -2.05. The highest BCUT2D eigenvalue weighted by molar-refractivity contribution is 6.43. The highest BCUT2D eigenvalue weighted by atomic mass is 35.5. The van der Waals surface area contributed by atoms with Gasteiger partial charge in [-0.15, -0.1) is 0 Å². The molecule has 28 heavy (non-hydrogen) atoms. The van der Waals surface area contributed by atoms with Crippen LogP contribution in [0, 0.1) is 0 Å². The molecule has 0 bridgehead atoms. The standard InChI is InChI=1S/C20H22Cl2N4O2/c1-13(26-18(27)8-7-16(23-26)14-5-6-14)20(28)25-11-9-24(10-12-25)17-4-2-3-15(21)19(17)22/h2-4,7-8,13-14H,5-6,9-12H2,1H3/t13-/m1/s1. The van der Waals surface area contributed by atoms with Gasteiger partial charge in [-0.25, -0.2) is 4.68 Å². The van der Waals surface area contributed by atoms with Crippen molar-refractivity contribution >= 4 is 34.8 Å². The van der Waals surface area contributed by atoms with Gasteiger partial charge in [-0.3, -0.25) is 9.59 Å². The molecule has 8 heteroatoms. The molecule has 6 nitrogen and oxygen atoms in total. The smallest absolute Gasteiger partial charge is 0.267 e. The predicted molar refractivity (Wildman–Crippen MR) is 110 cm³/mol. The summed E-state index contributed by atoms with van der Waals surface area (Å²) in [6, 6.07) is 8.24. The van der Waals surface area contributed by atoms with Crippen LogP contribution >= 0.6 is 23.2 Å². The first-order valence-electron chi connectivity index (χ1n) is 9.53. The maximum atomic E-state index is 13.0. The van der Waals surface area contributed by atoms with Gasteiger partial charge in [0.2, 0.25) is 5.91 Å². The van der Waals surface area contributed by atoms with E-state index in [4.69, 9.17) is 23.2 Å². The zero-order chi connectivity index (χ0) is 19.8. The van der Waals surface area contributed by atoms with Crippen molar-refractivity contribution in [3.63, 3.8) is 0 Å². The van der Waals surface area contributed by atoms with E-state index in [9.17, 15) is 9.59 Å². The second kappa shape index (κ2) is 7.76. The maximum Gasteiger partial charge on any atom is 0.267 e. The summed E-state index contributed by atoms with van der Waals surface area (Å²) in [5.74, 6) is 0.347. The van der Waals surface area contributed by atoms with Crippen molar-refractivity contribution in [3.05, 3.63) is 56.4 Å². The predicted octanol–water partition coefficient (Wildman–Crippen LogP) is 3.34. The van der Waals surface area contributed by atoms with E-state index in [-0.39, 0.29) is 11.5 Å². The Kier molecular flexibility index (Phi) is 5.34. The van der Waals surface area contributed by atoms with E-state index in [1.807, 2.05) is 12.1 Å². The van der Waals surface area contributed by atoms with Crippen LogP contribution in [0.25, 0.3) is 0 Å². The SMILES string of the molecule is C[C@H](C(=O)N1CCN(c2cccc(Cl)c2Cl)CC1)n1nc(C2CC2)ccc1=O. The van der Waals surface area contributed by atoms with E-state index in [2.05, 4.69) is 10.00 Å². The summed E-state index contributed by atoms with van der Waals surface area (Å²) in [4.78, 5) is 29.1. The first kappa shape index (κ1) is 19.3. The van der Waals surface area contributed by atoms with Crippen molar-refractivity contribution in [2.24, 2.45) is 0 Å². The number of aromatic nitrogens is 2. The molecule has 148 valence electrons. The number of rotatable bonds is 4. The molecule has 4 rings (SSSR count). The van der Waals surface area contributed by atoms with Crippen LogP contribution < -0.4 is 10.5 Å². The number of amides is 1. The fourth-order valence-corrected chi connectivity index (χ4v) is 4.00. The van der Waals surface area contributed by atoms with E-state index < -0.39 is 6.04 Å². The molecule has 2 aromatic rings. The first-order chi connectivity index (χ1) is 13.5. The number of carbonyl (C=O) groups is 1. The average molecular weight is 421 g/mol. The Morgan fingerprint density at radius 2 is 1.82 bits per heavy atom. The van der Waals surface area contributed by atoms with E-state index in [0.29, 0.717) is 42.1 Å². The highest BCUT2D eigenvalue weighted by Gasteiger charge is 2.30. The van der Waals surface area contributed by atoms with E-state index in [1.165, 1.54) is 10.7 Å². The van der Waals surface area contributed by atoms with Gasteiger partial charge in [0.15, 0.2) is 0 Å². The quantitative estimate of drug-likeness (QED) is 0.760. The summed E-state index contributed by atoms with van der Waals surface area (Å²) in [7, 11) is 0. The Balaban J connectivity index is 1.44. The van der Waals surface area contributed by atoms with Crippen LogP contribution in [-0.2, 0) is 4.79 Å². The van der Waals surface area contributed by atoms with Gasteiger partial charge < -0.3 is 9.80 Å². The topological polar surface area (TPSA) is 58.4 Å². The van der Waals surface area contributed by atoms with Gasteiger partial charge in [0.05, 0.1) is 21.4 Å². The van der Waals surface area contributed by atoms with Gasteiger partial charge in [-0.05, 0) is 38.0 Å². The summed E-state index contributed by atoms with van der Waals surface area (Å²) < 4.78 is 1.33. The Morgan fingerprint density at radius 1 is 1.11 bits per heavy atom. The van der Waals surface area contributed by atoms with E-state index in [1.54, 1.807) is 24.0 Å². The molecule has 0 N–H and O–H groups in total. The third-order valence-corrected chi connectivity index (χ3v) is 6.24. The van der Waals surface area contributed by atoms with Gasteiger partial charge in [-0.2, -0.15) is 5.10 Å². The molecule has 0 radical (unpaired) electrons. The molecule has 1 saturated heterocycles. The lowest BCUT2D eigenvalue weighted by atomic mass is 10.2. The second-order valence-corrected chi connectivity index (χ2v) is 8.16. The lowest BCUT2D eigenvalue weighted by molar-refractivity contribution is -0.135. The summed E-state index contributed by atoms with van der Waals surface area (Å²) in [6.07, 6.45) is 2.20. The lowest BCUT2D eigenvalue weighted by Crippen LogP contribution is -2.51. The molecule has 0 unspecified atom stereocenters. The summed E-state index contributed by atoms with van der Waals surface area (Å²) in [6.45, 7) is 4.17. The largest absolute Gasteiger partial charge is 0.367 e. The molecule has 2 heterocycles. The fourth-order valence-electron chi connectivity index (χ4n) is 3.59. The lowest BCUT2D eigenvalue weighted by Gasteiger charge is -2.37. The van der Waals surface area contributed by atoms with Gasteiger partial charge in [0.1, 0.15) is 6.04 Å². The molecule has 1 saturated carbocycles. The maximum absolute atomic E-state index is 13.0. The molecule has 0 spiro atoms. The first-order valence-corrected chi connectivity index (χ1v) is 10.3. The number of hydrogen-bond donors (Lipinski definition) is 0. The number of halogens is 2. The molecular weight excluding hydrogens is 399 g/mol. The van der Waals surface area contributed by atoms with Crippen molar-refractivity contribution < 1.29 is 4.79 Å². The molecule has 1 atom stereocenters. The molecule has 1 aliphatic heterocycles. The van der Waals surface area contributed by atoms with Gasteiger partial charge in [0, 0.05) is 38.2 Å². The van der Waals surface area contributed by atoms with E-state index >= 15 is 0 Å². The fraction of sp³-hybridized carbons (Fsp3) is 0.450. The number of hydrogen-bond acceptors (Lipinski definition) is 4. The minimum atomic E-state index is -0.618. The molecule has 2 aliphatic rings. The van der Waals surface area contributed by atoms with Crippen molar-refractivity contribution in [2.75, 3.05) is 31.1 Å². The second-order valence-electron chi connectivity index (χ2n) is 7.38. The molecule has 1 aromatic heterocycles. The Labute approximate surface area is 173 Å². The molecule has 1 aromatic carbocycles. The van der Waals surface area contributed by atoms with Crippen LogP contribution in [0.15, 0.2) is 35.1 Å². The minimum Gasteiger partial charge on any atom is -0.367 e. The molecule has 1 aliphatic carbocycles. The van der Waals surface area contributed by atoms with Crippen LogP contribution in [0.1, 0.15) is 37.4 Å². The summed E-state index contributed by atoms with van der Waals surface area (Å²) >= 11 is 12.4. The highest BCUT2D eigenvalue weighted by Crippen LogP contribution is 2.38. The number of anilines is 1. The third-order valence-electron chi connectivity index (χ3n) is 5.43. The number of piperazine rings is 1. The van der Waals surface area contributed by atoms with Gasteiger partial charge >= 0.3 is 0 Å². The van der Waals surface area contributed by atoms with Crippen molar-refractivity contribution in [3.8, 4) is 0 Å². The Morgan fingerprint density at radius 3 is 2.50 bits per heavy atom. The van der Waals surface area contributed by atoms with Crippen molar-refractivity contribution in [1.29, 1.82) is 0 Å². The molecular formula is C20H22Cl2N4O2. The van der Waals surface area contributed by atoms with Crippen LogP contribution in [0.2, 0.25) is 10.0 Å². The van der Waals surface area contributed by atoms with Crippen LogP contribution in [0.5, 0.6) is 0 Å². The molecule has 2 fully saturated rings. The monoisotopic (exact) mass is 420 g/mol. The zero-order valence-electron chi connectivity index (χ0n) is 15.6. The third kappa shape index (κ3) is 3.76. The van der Waals surface area contributed by atoms with Crippen LogP contribution in [-0.4, -0.2) is 46.8 Å². The number of benzene rings is 1. The van der Waals surface area contributed by atoms with Gasteiger partial charge in [-0.1, -0.05) is 29.3 Å². The minimum absolute atomic E-state index is 0.0839. The Bertz CT molecular complexity index is 949. The normalized spacial score (nSPS) is 18.2. The van der Waals surface area contributed by atoms with Crippen molar-refractivity contribution in [1.82, 2.24) is 14.7 Å². The van der Waals surface area contributed by atoms with Crippen LogP contribution in [0.4, 0.5) is 5.69 Å².